The maximum absolute atomic E-state index is 14.8. The van der Waals surface area contributed by atoms with Crippen molar-refractivity contribution in [1.82, 2.24) is 0 Å². The van der Waals surface area contributed by atoms with Crippen molar-refractivity contribution < 1.29 is 26.7 Å². The molecular formula is C23H29F2N3O4S. The second kappa shape index (κ2) is 9.26. The molecular weight excluding hydrogens is 452 g/mol. The minimum atomic E-state index is -3.62. The summed E-state index contributed by atoms with van der Waals surface area (Å²) in [5, 5.41) is 2.37. The van der Waals surface area contributed by atoms with Crippen molar-refractivity contribution in [3.05, 3.63) is 53.6 Å². The van der Waals surface area contributed by atoms with E-state index in [1.54, 1.807) is 25.7 Å². The molecule has 1 aliphatic heterocycles. The number of morpholine rings is 1. The number of halogens is 2. The fourth-order valence-corrected chi connectivity index (χ4v) is 4.20. The van der Waals surface area contributed by atoms with E-state index >= 15 is 0 Å². The summed E-state index contributed by atoms with van der Waals surface area (Å²) < 4.78 is 61.1. The van der Waals surface area contributed by atoms with Crippen LogP contribution < -0.4 is 14.9 Å². The molecule has 1 amide bonds. The Morgan fingerprint density at radius 3 is 2.12 bits per heavy atom. The van der Waals surface area contributed by atoms with Gasteiger partial charge in [0.15, 0.2) is 11.6 Å². The van der Waals surface area contributed by atoms with Crippen molar-refractivity contribution in [3.8, 4) is 0 Å². The topological polar surface area (TPSA) is 87.7 Å². The first-order valence-electron chi connectivity index (χ1n) is 10.6. The van der Waals surface area contributed by atoms with Crippen LogP contribution in [0.2, 0.25) is 0 Å². The van der Waals surface area contributed by atoms with Crippen LogP contribution in [-0.2, 0) is 14.8 Å². The molecule has 0 aliphatic carbocycles. The summed E-state index contributed by atoms with van der Waals surface area (Å²) in [5.41, 5.74) is 0.279. The molecule has 2 aromatic carbocycles. The first-order chi connectivity index (χ1) is 15.3. The molecule has 0 aromatic heterocycles. The van der Waals surface area contributed by atoms with Gasteiger partial charge in [0.05, 0.1) is 28.3 Å². The Hall–Kier alpha value is -2.72. The Morgan fingerprint density at radius 1 is 1.00 bits per heavy atom. The lowest BCUT2D eigenvalue weighted by atomic mass is 10.1. The number of benzene rings is 2. The number of ether oxygens (including phenoxy) is 1. The average Bonchev–Trinajstić information content (AvgIpc) is 2.70. The highest BCUT2D eigenvalue weighted by molar-refractivity contribution is 7.94. The maximum atomic E-state index is 14.8. The van der Waals surface area contributed by atoms with Crippen LogP contribution in [0, 0.1) is 11.6 Å². The zero-order chi connectivity index (χ0) is 24.6. The van der Waals surface area contributed by atoms with Crippen molar-refractivity contribution in [1.29, 1.82) is 0 Å². The van der Waals surface area contributed by atoms with Crippen LogP contribution in [0.4, 0.5) is 25.8 Å². The van der Waals surface area contributed by atoms with Gasteiger partial charge >= 0.3 is 0 Å². The Kier molecular flexibility index (Phi) is 6.99. The molecule has 0 unspecified atom stereocenters. The third-order valence-electron chi connectivity index (χ3n) is 5.28. The predicted molar refractivity (Wildman–Crippen MR) is 125 cm³/mol. The highest BCUT2D eigenvalue weighted by Gasteiger charge is 2.29. The summed E-state index contributed by atoms with van der Waals surface area (Å²) in [6, 6.07) is 8.41. The van der Waals surface area contributed by atoms with E-state index in [0.29, 0.717) is 13.1 Å². The van der Waals surface area contributed by atoms with Gasteiger partial charge in [0, 0.05) is 24.3 Å². The summed E-state index contributed by atoms with van der Waals surface area (Å²) in [6.07, 6.45) is -0.238. The number of rotatable bonds is 5. The van der Waals surface area contributed by atoms with E-state index in [1.165, 1.54) is 36.4 Å². The predicted octanol–water partition coefficient (Wildman–Crippen LogP) is 4.37. The number of hydrogen-bond donors (Lipinski definition) is 2. The summed E-state index contributed by atoms with van der Waals surface area (Å²) in [5.74, 6) is -2.84. The Morgan fingerprint density at radius 2 is 1.58 bits per heavy atom. The van der Waals surface area contributed by atoms with Crippen molar-refractivity contribution in [2.45, 2.75) is 51.6 Å². The summed E-state index contributed by atoms with van der Waals surface area (Å²) in [7, 11) is -3.62. The fourth-order valence-electron chi connectivity index (χ4n) is 3.45. The summed E-state index contributed by atoms with van der Waals surface area (Å²) in [6.45, 7) is 9.29. The van der Waals surface area contributed by atoms with Gasteiger partial charge in [0.25, 0.3) is 5.91 Å². The van der Waals surface area contributed by atoms with Gasteiger partial charge in [-0.25, -0.2) is 17.2 Å². The zero-order valence-electron chi connectivity index (χ0n) is 19.3. The Balaban J connectivity index is 1.73. The van der Waals surface area contributed by atoms with E-state index in [1.807, 2.05) is 13.8 Å². The SMILES string of the molecule is C[C@@H]1CN(c2ccc(NC(=O)c3ccc(NS(=O)(=O)C(C)(C)C)cc3)c(F)c2F)C[C@H](C)O1. The normalized spacial score (nSPS) is 19.3. The Labute approximate surface area is 193 Å². The lowest BCUT2D eigenvalue weighted by Crippen LogP contribution is -2.45. The Bertz CT molecular complexity index is 1120. The second-order valence-corrected chi connectivity index (χ2v) is 11.6. The third kappa shape index (κ3) is 5.62. The molecule has 10 heteroatoms. The van der Waals surface area contributed by atoms with E-state index in [9.17, 15) is 22.0 Å². The van der Waals surface area contributed by atoms with E-state index in [4.69, 9.17) is 4.74 Å². The standard InChI is InChI=1S/C23H29F2N3O4S/c1-14-12-28(13-15(2)32-14)19-11-10-18(20(24)21(19)25)26-22(29)16-6-8-17(9-7-16)27-33(30,31)23(3,4)5/h6-11,14-15,27H,12-13H2,1-5H3,(H,26,29)/t14-,15+. The van der Waals surface area contributed by atoms with Gasteiger partial charge in [-0.15, -0.1) is 0 Å². The number of nitrogens with zero attached hydrogens (tertiary/aromatic N) is 1. The van der Waals surface area contributed by atoms with E-state index < -0.39 is 32.3 Å². The molecule has 0 bridgehead atoms. The molecule has 7 nitrogen and oxygen atoms in total. The van der Waals surface area contributed by atoms with Crippen LogP contribution in [-0.4, -0.2) is 44.4 Å². The van der Waals surface area contributed by atoms with E-state index in [2.05, 4.69) is 10.0 Å². The van der Waals surface area contributed by atoms with Gasteiger partial charge in [-0.1, -0.05) is 0 Å². The first kappa shape index (κ1) is 24.9. The van der Waals surface area contributed by atoms with Gasteiger partial charge in [-0.05, 0) is 71.0 Å². The van der Waals surface area contributed by atoms with E-state index in [0.717, 1.165) is 0 Å². The van der Waals surface area contributed by atoms with Gasteiger partial charge in [0.2, 0.25) is 10.0 Å². The quantitative estimate of drug-likeness (QED) is 0.662. The summed E-state index contributed by atoms with van der Waals surface area (Å²) in [4.78, 5) is 14.3. The van der Waals surface area contributed by atoms with Gasteiger partial charge in [-0.2, -0.15) is 0 Å². The molecule has 0 saturated carbocycles. The highest BCUT2D eigenvalue weighted by atomic mass is 32.2. The summed E-state index contributed by atoms with van der Waals surface area (Å²) >= 11 is 0. The molecule has 1 saturated heterocycles. The van der Waals surface area contributed by atoms with Crippen molar-refractivity contribution in [2.75, 3.05) is 28.0 Å². The maximum Gasteiger partial charge on any atom is 0.255 e. The fraction of sp³-hybridized carbons (Fsp3) is 0.435. The number of carbonyl (C=O) groups is 1. The van der Waals surface area contributed by atoms with Gasteiger partial charge in [-0.3, -0.25) is 9.52 Å². The second-order valence-electron chi connectivity index (χ2n) is 9.17. The number of carbonyl (C=O) groups excluding carboxylic acids is 1. The first-order valence-corrected chi connectivity index (χ1v) is 12.1. The lowest BCUT2D eigenvalue weighted by molar-refractivity contribution is -0.00542. The molecule has 0 spiro atoms. The van der Waals surface area contributed by atoms with Crippen molar-refractivity contribution >= 4 is 33.0 Å². The smallest absolute Gasteiger partial charge is 0.255 e. The number of hydrogen-bond acceptors (Lipinski definition) is 5. The lowest BCUT2D eigenvalue weighted by Gasteiger charge is -2.37. The molecule has 0 radical (unpaired) electrons. The van der Waals surface area contributed by atoms with Crippen LogP contribution >= 0.6 is 0 Å². The molecule has 2 N–H and O–H groups in total. The van der Waals surface area contributed by atoms with Crippen LogP contribution in [0.15, 0.2) is 36.4 Å². The monoisotopic (exact) mass is 481 g/mol. The van der Waals surface area contributed by atoms with Crippen LogP contribution in [0.25, 0.3) is 0 Å². The number of amides is 1. The zero-order valence-corrected chi connectivity index (χ0v) is 20.1. The minimum Gasteiger partial charge on any atom is -0.372 e. The molecule has 3 rings (SSSR count). The molecule has 2 atom stereocenters. The molecule has 180 valence electrons. The van der Waals surface area contributed by atoms with Crippen molar-refractivity contribution in [2.24, 2.45) is 0 Å². The molecule has 33 heavy (non-hydrogen) atoms. The number of nitrogens with one attached hydrogen (secondary N) is 2. The van der Waals surface area contributed by atoms with Crippen LogP contribution in [0.3, 0.4) is 0 Å². The molecule has 2 aromatic rings. The van der Waals surface area contributed by atoms with Gasteiger partial charge < -0.3 is 15.0 Å². The van der Waals surface area contributed by atoms with Crippen LogP contribution in [0.5, 0.6) is 0 Å². The number of sulfonamides is 1. The van der Waals surface area contributed by atoms with Gasteiger partial charge in [0.1, 0.15) is 0 Å². The largest absolute Gasteiger partial charge is 0.372 e. The van der Waals surface area contributed by atoms with E-state index in [-0.39, 0.29) is 34.8 Å². The highest BCUT2D eigenvalue weighted by Crippen LogP contribution is 2.29. The number of anilines is 3. The molecule has 1 aliphatic rings. The molecule has 1 heterocycles. The van der Waals surface area contributed by atoms with Crippen LogP contribution in [0.1, 0.15) is 45.0 Å². The average molecular weight is 482 g/mol. The van der Waals surface area contributed by atoms with Crippen molar-refractivity contribution in [3.63, 3.8) is 0 Å². The molecule has 1 fully saturated rings. The minimum absolute atomic E-state index is 0.114. The third-order valence-corrected chi connectivity index (χ3v) is 7.39.